The van der Waals surface area contributed by atoms with Gasteiger partial charge in [-0.1, -0.05) is 6.92 Å². The Labute approximate surface area is 122 Å². The Bertz CT molecular complexity index is 399. The van der Waals surface area contributed by atoms with Crippen LogP contribution >= 0.6 is 0 Å². The molecular formula is C15H28N4O. The first-order chi connectivity index (χ1) is 9.72. The Balaban J connectivity index is 1.97. The van der Waals surface area contributed by atoms with Crippen molar-refractivity contribution in [3.8, 4) is 0 Å². The van der Waals surface area contributed by atoms with Crippen LogP contribution in [0.5, 0.6) is 0 Å². The van der Waals surface area contributed by atoms with E-state index < -0.39 is 0 Å². The van der Waals surface area contributed by atoms with Gasteiger partial charge in [0.2, 0.25) is 0 Å². The molecule has 0 saturated carbocycles. The highest BCUT2D eigenvalue weighted by Gasteiger charge is 2.19. The van der Waals surface area contributed by atoms with E-state index in [4.69, 9.17) is 4.74 Å². The Morgan fingerprint density at radius 2 is 2.40 bits per heavy atom. The van der Waals surface area contributed by atoms with Crippen molar-refractivity contribution in [1.82, 2.24) is 20.0 Å². The number of ether oxygens (including phenoxy) is 1. The van der Waals surface area contributed by atoms with Crippen LogP contribution in [0, 0.1) is 0 Å². The third kappa shape index (κ3) is 4.30. The van der Waals surface area contributed by atoms with E-state index in [-0.39, 0.29) is 0 Å². The maximum absolute atomic E-state index is 5.25. The molecule has 1 aromatic heterocycles. The summed E-state index contributed by atoms with van der Waals surface area (Å²) in [5.41, 5.74) is 2.57. The van der Waals surface area contributed by atoms with Gasteiger partial charge in [0.15, 0.2) is 0 Å². The van der Waals surface area contributed by atoms with Gasteiger partial charge in [0.1, 0.15) is 0 Å². The fourth-order valence-electron chi connectivity index (χ4n) is 2.93. The lowest BCUT2D eigenvalue weighted by Gasteiger charge is -2.25. The Hall–Kier alpha value is -0.910. The van der Waals surface area contributed by atoms with E-state index in [0.29, 0.717) is 6.04 Å². The SMILES string of the molecule is CCc1nn(C)cc1CN(CCOC)CC1CCCN1. The van der Waals surface area contributed by atoms with Gasteiger partial charge in [-0.25, -0.2) is 0 Å². The first kappa shape index (κ1) is 15.5. The molecule has 5 heteroatoms. The normalized spacial score (nSPS) is 19.1. The molecule has 1 fully saturated rings. The predicted molar refractivity (Wildman–Crippen MR) is 80.8 cm³/mol. The van der Waals surface area contributed by atoms with Crippen molar-refractivity contribution in [2.24, 2.45) is 7.05 Å². The summed E-state index contributed by atoms with van der Waals surface area (Å²) in [5.74, 6) is 0. The smallest absolute Gasteiger partial charge is 0.0666 e. The average Bonchev–Trinajstić information content (AvgIpc) is 3.05. The topological polar surface area (TPSA) is 42.3 Å². The van der Waals surface area contributed by atoms with Crippen LogP contribution in [-0.4, -0.2) is 54.1 Å². The molecule has 114 valence electrons. The standard InChI is InChI=1S/C15H28N4O/c1-4-15-13(10-18(2)17-15)11-19(8-9-20-3)12-14-6-5-7-16-14/h10,14,16H,4-9,11-12H2,1-3H3. The van der Waals surface area contributed by atoms with Gasteiger partial charge >= 0.3 is 0 Å². The summed E-state index contributed by atoms with van der Waals surface area (Å²) in [4.78, 5) is 2.49. The summed E-state index contributed by atoms with van der Waals surface area (Å²) >= 11 is 0. The zero-order chi connectivity index (χ0) is 14.4. The molecule has 1 unspecified atom stereocenters. The Morgan fingerprint density at radius 3 is 3.05 bits per heavy atom. The molecule has 0 aliphatic carbocycles. The minimum absolute atomic E-state index is 0.633. The summed E-state index contributed by atoms with van der Waals surface area (Å²) in [7, 11) is 3.77. The fourth-order valence-corrected chi connectivity index (χ4v) is 2.93. The summed E-state index contributed by atoms with van der Waals surface area (Å²) in [6.07, 6.45) is 5.74. The quantitative estimate of drug-likeness (QED) is 0.776. The molecule has 0 aromatic carbocycles. The molecule has 5 nitrogen and oxygen atoms in total. The van der Waals surface area contributed by atoms with Gasteiger partial charge in [0, 0.05) is 51.6 Å². The summed E-state index contributed by atoms with van der Waals surface area (Å²) < 4.78 is 7.18. The maximum atomic E-state index is 5.25. The van der Waals surface area contributed by atoms with Crippen LogP contribution in [-0.2, 0) is 24.8 Å². The van der Waals surface area contributed by atoms with Crippen LogP contribution in [0.15, 0.2) is 6.20 Å². The third-order valence-electron chi connectivity index (χ3n) is 3.97. The third-order valence-corrected chi connectivity index (χ3v) is 3.97. The molecule has 0 spiro atoms. The van der Waals surface area contributed by atoms with Gasteiger partial charge in [0.05, 0.1) is 12.3 Å². The summed E-state index contributed by atoms with van der Waals surface area (Å²) in [6, 6.07) is 0.633. The van der Waals surface area contributed by atoms with Crippen LogP contribution in [0.2, 0.25) is 0 Å². The first-order valence-corrected chi connectivity index (χ1v) is 7.69. The van der Waals surface area contributed by atoms with Crippen molar-refractivity contribution in [2.45, 2.75) is 38.8 Å². The van der Waals surface area contributed by atoms with Gasteiger partial charge < -0.3 is 10.1 Å². The van der Waals surface area contributed by atoms with E-state index in [1.807, 2.05) is 11.7 Å². The fraction of sp³-hybridized carbons (Fsp3) is 0.800. The van der Waals surface area contributed by atoms with Crippen LogP contribution in [0.3, 0.4) is 0 Å². The van der Waals surface area contributed by atoms with E-state index in [2.05, 4.69) is 28.4 Å². The highest BCUT2D eigenvalue weighted by atomic mass is 16.5. The second-order valence-corrected chi connectivity index (χ2v) is 5.65. The maximum Gasteiger partial charge on any atom is 0.0666 e. The van der Waals surface area contributed by atoms with Gasteiger partial charge in [-0.2, -0.15) is 5.10 Å². The van der Waals surface area contributed by atoms with Crippen LogP contribution in [0.1, 0.15) is 31.0 Å². The van der Waals surface area contributed by atoms with Crippen LogP contribution in [0.25, 0.3) is 0 Å². The number of hydrogen-bond donors (Lipinski definition) is 1. The lowest BCUT2D eigenvalue weighted by molar-refractivity contribution is 0.138. The van der Waals surface area contributed by atoms with Crippen molar-refractivity contribution in [3.05, 3.63) is 17.5 Å². The molecular weight excluding hydrogens is 252 g/mol. The van der Waals surface area contributed by atoms with E-state index >= 15 is 0 Å². The van der Waals surface area contributed by atoms with Crippen molar-refractivity contribution in [3.63, 3.8) is 0 Å². The number of methoxy groups -OCH3 is 1. The van der Waals surface area contributed by atoms with Crippen molar-refractivity contribution in [1.29, 1.82) is 0 Å². The molecule has 2 heterocycles. The molecule has 1 aliphatic rings. The highest BCUT2D eigenvalue weighted by molar-refractivity contribution is 5.16. The second kappa shape index (κ2) is 7.76. The molecule has 2 rings (SSSR count). The number of aryl methyl sites for hydroxylation is 2. The van der Waals surface area contributed by atoms with Gasteiger partial charge in [0.25, 0.3) is 0 Å². The van der Waals surface area contributed by atoms with Crippen LogP contribution < -0.4 is 5.32 Å². The van der Waals surface area contributed by atoms with Crippen molar-refractivity contribution in [2.75, 3.05) is 33.4 Å². The van der Waals surface area contributed by atoms with E-state index in [9.17, 15) is 0 Å². The van der Waals surface area contributed by atoms with E-state index in [0.717, 1.165) is 39.2 Å². The number of hydrogen-bond acceptors (Lipinski definition) is 4. The average molecular weight is 280 g/mol. The Morgan fingerprint density at radius 1 is 1.55 bits per heavy atom. The number of aromatic nitrogens is 2. The summed E-state index contributed by atoms with van der Waals surface area (Å²) in [5, 5.41) is 8.12. The first-order valence-electron chi connectivity index (χ1n) is 7.69. The predicted octanol–water partition coefficient (Wildman–Crippen LogP) is 1.18. The number of nitrogens with one attached hydrogen (secondary N) is 1. The monoisotopic (exact) mass is 280 g/mol. The van der Waals surface area contributed by atoms with E-state index in [1.54, 1.807) is 7.11 Å². The zero-order valence-electron chi connectivity index (χ0n) is 13.1. The van der Waals surface area contributed by atoms with E-state index in [1.165, 1.54) is 24.1 Å². The lowest BCUT2D eigenvalue weighted by Crippen LogP contribution is -2.38. The highest BCUT2D eigenvalue weighted by Crippen LogP contribution is 2.13. The van der Waals surface area contributed by atoms with Crippen molar-refractivity contribution < 1.29 is 4.74 Å². The molecule has 0 amide bonds. The molecule has 1 N–H and O–H groups in total. The minimum Gasteiger partial charge on any atom is -0.383 e. The molecule has 20 heavy (non-hydrogen) atoms. The zero-order valence-corrected chi connectivity index (χ0v) is 13.1. The molecule has 1 aromatic rings. The number of rotatable bonds is 8. The Kier molecular flexibility index (Phi) is 6.01. The molecule has 0 bridgehead atoms. The lowest BCUT2D eigenvalue weighted by atomic mass is 10.1. The molecule has 0 radical (unpaired) electrons. The summed E-state index contributed by atoms with van der Waals surface area (Å²) in [6.45, 7) is 7.17. The molecule has 1 atom stereocenters. The van der Waals surface area contributed by atoms with Gasteiger partial charge in [-0.3, -0.25) is 9.58 Å². The second-order valence-electron chi connectivity index (χ2n) is 5.65. The van der Waals surface area contributed by atoms with Crippen molar-refractivity contribution >= 4 is 0 Å². The molecule has 1 aliphatic heterocycles. The number of nitrogens with zero attached hydrogens (tertiary/aromatic N) is 3. The van der Waals surface area contributed by atoms with Gasteiger partial charge in [-0.05, 0) is 25.8 Å². The van der Waals surface area contributed by atoms with Gasteiger partial charge in [-0.15, -0.1) is 0 Å². The van der Waals surface area contributed by atoms with Crippen LogP contribution in [0.4, 0.5) is 0 Å². The minimum atomic E-state index is 0.633. The largest absolute Gasteiger partial charge is 0.383 e. The molecule has 1 saturated heterocycles.